The quantitative estimate of drug-likeness (QED) is 0.645. The predicted molar refractivity (Wildman–Crippen MR) is 58.8 cm³/mol. The fourth-order valence-corrected chi connectivity index (χ4v) is 2.09. The van der Waals surface area contributed by atoms with Gasteiger partial charge in [-0.25, -0.2) is 13.6 Å². The lowest BCUT2D eigenvalue weighted by Gasteiger charge is -2.09. The summed E-state index contributed by atoms with van der Waals surface area (Å²) in [5.74, 6) is -0.491. The maximum Gasteiger partial charge on any atom is 0.287 e. The van der Waals surface area contributed by atoms with Crippen molar-refractivity contribution in [1.29, 1.82) is 0 Å². The standard InChI is InChI=1S/C9H13N3O4S/c10-17(14,15)8-2-1-7(16-8)9(13)12-6-3-4-11-5-6/h1-2,6,11H,3-5H2,(H,12,13)(H2,10,14,15). The minimum absolute atomic E-state index is 0.0468. The Bertz CT molecular complexity index is 516. The zero-order chi connectivity index (χ0) is 12.5. The van der Waals surface area contributed by atoms with Crippen LogP contribution in [0.1, 0.15) is 17.0 Å². The molecular formula is C9H13N3O4S. The monoisotopic (exact) mass is 259 g/mol. The van der Waals surface area contributed by atoms with Gasteiger partial charge >= 0.3 is 0 Å². The van der Waals surface area contributed by atoms with Crippen LogP contribution in [0.25, 0.3) is 0 Å². The van der Waals surface area contributed by atoms with Crippen LogP contribution in [0.5, 0.6) is 0 Å². The van der Waals surface area contributed by atoms with E-state index in [-0.39, 0.29) is 11.8 Å². The zero-order valence-electron chi connectivity index (χ0n) is 8.97. The number of rotatable bonds is 3. The molecule has 1 aliphatic heterocycles. The normalized spacial score (nSPS) is 20.4. The molecule has 1 unspecified atom stereocenters. The number of nitrogens with one attached hydrogen (secondary N) is 2. The Morgan fingerprint density at radius 2 is 2.29 bits per heavy atom. The van der Waals surface area contributed by atoms with Gasteiger partial charge in [0.1, 0.15) is 0 Å². The smallest absolute Gasteiger partial charge is 0.287 e. The molecule has 2 heterocycles. The molecule has 1 amide bonds. The third-order valence-corrected chi connectivity index (χ3v) is 3.26. The first-order valence-electron chi connectivity index (χ1n) is 5.11. The molecule has 1 aromatic rings. The van der Waals surface area contributed by atoms with Crippen molar-refractivity contribution in [1.82, 2.24) is 10.6 Å². The number of carbonyl (C=O) groups excluding carboxylic acids is 1. The zero-order valence-corrected chi connectivity index (χ0v) is 9.79. The Morgan fingerprint density at radius 1 is 1.53 bits per heavy atom. The van der Waals surface area contributed by atoms with Crippen LogP contribution in [0.4, 0.5) is 0 Å². The lowest BCUT2D eigenvalue weighted by atomic mass is 10.2. The van der Waals surface area contributed by atoms with E-state index in [1.165, 1.54) is 6.07 Å². The van der Waals surface area contributed by atoms with Gasteiger partial charge in [-0.3, -0.25) is 4.79 Å². The van der Waals surface area contributed by atoms with Crippen LogP contribution in [0.2, 0.25) is 0 Å². The molecule has 94 valence electrons. The number of furan rings is 1. The van der Waals surface area contributed by atoms with Crippen molar-refractivity contribution in [3.05, 3.63) is 17.9 Å². The predicted octanol–water partition coefficient (Wildman–Crippen LogP) is -0.981. The molecule has 0 aliphatic carbocycles. The van der Waals surface area contributed by atoms with Gasteiger partial charge in [-0.2, -0.15) is 0 Å². The Balaban J connectivity index is 2.07. The summed E-state index contributed by atoms with van der Waals surface area (Å²) in [7, 11) is -3.90. The van der Waals surface area contributed by atoms with Crippen molar-refractivity contribution in [2.24, 2.45) is 5.14 Å². The molecule has 2 rings (SSSR count). The van der Waals surface area contributed by atoms with Crippen LogP contribution in [0, 0.1) is 0 Å². The highest BCUT2D eigenvalue weighted by molar-refractivity contribution is 7.89. The fraction of sp³-hybridized carbons (Fsp3) is 0.444. The van der Waals surface area contributed by atoms with Crippen LogP contribution in [0.15, 0.2) is 21.6 Å². The number of carbonyl (C=O) groups is 1. The molecule has 1 atom stereocenters. The molecule has 0 bridgehead atoms. The molecular weight excluding hydrogens is 246 g/mol. The second-order valence-electron chi connectivity index (χ2n) is 3.83. The first-order valence-corrected chi connectivity index (χ1v) is 6.65. The van der Waals surface area contributed by atoms with Crippen LogP contribution in [-0.2, 0) is 10.0 Å². The lowest BCUT2D eigenvalue weighted by molar-refractivity contribution is 0.0906. The van der Waals surface area contributed by atoms with Crippen LogP contribution < -0.4 is 15.8 Å². The van der Waals surface area contributed by atoms with Gasteiger partial charge in [0.25, 0.3) is 15.9 Å². The molecule has 0 radical (unpaired) electrons. The van der Waals surface area contributed by atoms with Crippen molar-refractivity contribution in [3.8, 4) is 0 Å². The van der Waals surface area contributed by atoms with Crippen LogP contribution in [-0.4, -0.2) is 33.5 Å². The highest BCUT2D eigenvalue weighted by Crippen LogP contribution is 2.12. The number of hydrogen-bond acceptors (Lipinski definition) is 5. The van der Waals surface area contributed by atoms with E-state index in [0.29, 0.717) is 6.54 Å². The fourth-order valence-electron chi connectivity index (χ4n) is 1.63. The first kappa shape index (κ1) is 12.1. The summed E-state index contributed by atoms with van der Waals surface area (Å²) in [5.41, 5.74) is 0. The van der Waals surface area contributed by atoms with E-state index in [0.717, 1.165) is 19.0 Å². The molecule has 1 aliphatic rings. The number of hydrogen-bond donors (Lipinski definition) is 3. The average molecular weight is 259 g/mol. The third-order valence-electron chi connectivity index (χ3n) is 2.48. The van der Waals surface area contributed by atoms with Gasteiger partial charge in [-0.05, 0) is 25.1 Å². The molecule has 1 aromatic heterocycles. The Morgan fingerprint density at radius 3 is 2.82 bits per heavy atom. The third kappa shape index (κ3) is 2.84. The Kier molecular flexibility index (Phi) is 3.18. The molecule has 4 N–H and O–H groups in total. The summed E-state index contributed by atoms with van der Waals surface area (Å²) in [6.45, 7) is 1.56. The highest BCUT2D eigenvalue weighted by atomic mass is 32.2. The van der Waals surface area contributed by atoms with E-state index in [9.17, 15) is 13.2 Å². The van der Waals surface area contributed by atoms with Gasteiger partial charge in [0.05, 0.1) is 0 Å². The van der Waals surface area contributed by atoms with E-state index in [2.05, 4.69) is 10.6 Å². The topological polar surface area (TPSA) is 114 Å². The number of amides is 1. The van der Waals surface area contributed by atoms with Gasteiger partial charge in [0, 0.05) is 12.6 Å². The molecule has 8 heteroatoms. The molecule has 1 fully saturated rings. The molecule has 0 aromatic carbocycles. The van der Waals surface area contributed by atoms with Gasteiger partial charge in [-0.15, -0.1) is 0 Å². The summed E-state index contributed by atoms with van der Waals surface area (Å²) in [4.78, 5) is 11.7. The van der Waals surface area contributed by atoms with Gasteiger partial charge < -0.3 is 15.1 Å². The molecule has 0 spiro atoms. The van der Waals surface area contributed by atoms with Crippen molar-refractivity contribution < 1.29 is 17.6 Å². The average Bonchev–Trinajstić information content (AvgIpc) is 2.85. The van der Waals surface area contributed by atoms with E-state index < -0.39 is 21.0 Å². The number of primary sulfonamides is 1. The minimum atomic E-state index is -3.90. The van der Waals surface area contributed by atoms with Gasteiger partial charge in [0.2, 0.25) is 5.09 Å². The van der Waals surface area contributed by atoms with Crippen molar-refractivity contribution in [2.75, 3.05) is 13.1 Å². The van der Waals surface area contributed by atoms with E-state index >= 15 is 0 Å². The second-order valence-corrected chi connectivity index (χ2v) is 5.32. The first-order chi connectivity index (χ1) is 7.97. The SMILES string of the molecule is NS(=O)(=O)c1ccc(C(=O)NC2CCNC2)o1. The van der Waals surface area contributed by atoms with Crippen LogP contribution in [0.3, 0.4) is 0 Å². The summed E-state index contributed by atoms with van der Waals surface area (Å²) < 4.78 is 26.8. The van der Waals surface area contributed by atoms with Crippen molar-refractivity contribution in [3.63, 3.8) is 0 Å². The van der Waals surface area contributed by atoms with Crippen LogP contribution >= 0.6 is 0 Å². The minimum Gasteiger partial charge on any atom is -0.438 e. The van der Waals surface area contributed by atoms with Gasteiger partial charge in [0.15, 0.2) is 5.76 Å². The Hall–Kier alpha value is -1.38. The van der Waals surface area contributed by atoms with E-state index in [4.69, 9.17) is 9.56 Å². The lowest BCUT2D eigenvalue weighted by Crippen LogP contribution is -2.36. The van der Waals surface area contributed by atoms with E-state index in [1.54, 1.807) is 0 Å². The maximum atomic E-state index is 11.7. The Labute approximate surface area is 98.4 Å². The summed E-state index contributed by atoms with van der Waals surface area (Å²) in [6.07, 6.45) is 0.842. The second kappa shape index (κ2) is 4.47. The van der Waals surface area contributed by atoms with Gasteiger partial charge in [-0.1, -0.05) is 0 Å². The summed E-state index contributed by atoms with van der Waals surface area (Å²) in [5, 5.41) is 10.3. The summed E-state index contributed by atoms with van der Waals surface area (Å²) in [6, 6.07) is 2.50. The number of nitrogens with two attached hydrogens (primary N) is 1. The van der Waals surface area contributed by atoms with Crippen molar-refractivity contribution in [2.45, 2.75) is 17.6 Å². The highest BCUT2D eigenvalue weighted by Gasteiger charge is 2.21. The molecule has 7 nitrogen and oxygen atoms in total. The largest absolute Gasteiger partial charge is 0.438 e. The number of sulfonamides is 1. The van der Waals surface area contributed by atoms with Crippen molar-refractivity contribution >= 4 is 15.9 Å². The molecule has 1 saturated heterocycles. The molecule has 0 saturated carbocycles. The molecule has 17 heavy (non-hydrogen) atoms. The maximum absolute atomic E-state index is 11.7. The van der Waals surface area contributed by atoms with E-state index in [1.807, 2.05) is 0 Å². The summed E-state index contributed by atoms with van der Waals surface area (Å²) >= 11 is 0.